The molecule has 3 rings (SSSR count). The van der Waals surface area contributed by atoms with Crippen molar-refractivity contribution >= 4 is 11.9 Å². The third kappa shape index (κ3) is 5.66. The number of allylic oxidation sites excluding steroid dienone is 1. The van der Waals surface area contributed by atoms with Crippen LogP contribution in [0.15, 0.2) is 78.9 Å². The van der Waals surface area contributed by atoms with Crippen LogP contribution in [-0.4, -0.2) is 38.4 Å². The number of carbonyl (C=O) groups is 1. The molecule has 0 heterocycles. The normalized spacial score (nSPS) is 11.2. The fraction of sp³-hybridized carbons (Fsp3) is 0.192. The number of rotatable bonds is 8. The number of methoxy groups -OCH3 is 1. The van der Waals surface area contributed by atoms with Crippen molar-refractivity contribution < 1.29 is 9.53 Å². The molecular formula is C26H27NO2. The molecule has 29 heavy (non-hydrogen) atoms. The smallest absolute Gasteiger partial charge is 0.189 e. The molecule has 0 fully saturated rings. The van der Waals surface area contributed by atoms with E-state index in [1.807, 2.05) is 66.7 Å². The lowest BCUT2D eigenvalue weighted by molar-refractivity contribution is 0.104. The number of likely N-dealkylation sites (N-methyl/N-ethyl adjacent to an activating group) is 1. The first-order chi connectivity index (χ1) is 14.1. The summed E-state index contributed by atoms with van der Waals surface area (Å²) in [6.07, 6.45) is 4.48. The monoisotopic (exact) mass is 385 g/mol. The van der Waals surface area contributed by atoms with Crippen molar-refractivity contribution in [1.29, 1.82) is 0 Å². The number of benzene rings is 3. The summed E-state index contributed by atoms with van der Waals surface area (Å²) in [5.41, 5.74) is 4.92. The summed E-state index contributed by atoms with van der Waals surface area (Å²) in [5, 5.41) is 0. The van der Waals surface area contributed by atoms with Crippen molar-refractivity contribution in [2.45, 2.75) is 6.42 Å². The highest BCUT2D eigenvalue weighted by Crippen LogP contribution is 2.27. The molecule has 3 aromatic rings. The average molecular weight is 386 g/mol. The molecule has 0 aliphatic carbocycles. The summed E-state index contributed by atoms with van der Waals surface area (Å²) in [7, 11) is 5.73. The van der Waals surface area contributed by atoms with E-state index in [2.05, 4.69) is 31.1 Å². The van der Waals surface area contributed by atoms with Gasteiger partial charge >= 0.3 is 0 Å². The lowest BCUT2D eigenvalue weighted by atomic mass is 10.00. The summed E-state index contributed by atoms with van der Waals surface area (Å²) < 4.78 is 5.41. The number of hydrogen-bond acceptors (Lipinski definition) is 3. The predicted molar refractivity (Wildman–Crippen MR) is 120 cm³/mol. The van der Waals surface area contributed by atoms with Crippen LogP contribution in [0.2, 0.25) is 0 Å². The Bertz CT molecular complexity index is 973. The Hall–Kier alpha value is -3.17. The van der Waals surface area contributed by atoms with Crippen LogP contribution in [0.25, 0.3) is 17.2 Å². The fourth-order valence-electron chi connectivity index (χ4n) is 3.12. The quantitative estimate of drug-likeness (QED) is 0.386. The van der Waals surface area contributed by atoms with Crippen molar-refractivity contribution in [1.82, 2.24) is 4.90 Å². The molecule has 0 saturated heterocycles. The van der Waals surface area contributed by atoms with E-state index in [1.165, 1.54) is 5.56 Å². The fourth-order valence-corrected chi connectivity index (χ4v) is 3.12. The molecule has 0 unspecified atom stereocenters. The van der Waals surface area contributed by atoms with Gasteiger partial charge in [-0.1, -0.05) is 66.7 Å². The standard InChI is InChI=1S/C26H27NO2/c1-27(2)18-17-21-11-9-20(10-12-21)13-15-25(28)24-19-23(14-16-26(24)29-3)22-7-5-4-6-8-22/h4-16,19H,17-18H2,1-3H3/b15-13+. The molecule has 3 nitrogen and oxygen atoms in total. The maximum absolute atomic E-state index is 12.9. The van der Waals surface area contributed by atoms with E-state index in [0.717, 1.165) is 29.7 Å². The maximum Gasteiger partial charge on any atom is 0.189 e. The molecule has 0 saturated carbocycles. The molecule has 148 valence electrons. The zero-order valence-corrected chi connectivity index (χ0v) is 17.3. The molecular weight excluding hydrogens is 358 g/mol. The van der Waals surface area contributed by atoms with Crippen molar-refractivity contribution in [3.63, 3.8) is 0 Å². The van der Waals surface area contributed by atoms with Crippen molar-refractivity contribution in [3.05, 3.63) is 95.6 Å². The van der Waals surface area contributed by atoms with Gasteiger partial charge in [0.2, 0.25) is 0 Å². The summed E-state index contributed by atoms with van der Waals surface area (Å²) in [5.74, 6) is 0.509. The van der Waals surface area contributed by atoms with Gasteiger partial charge < -0.3 is 9.64 Å². The summed E-state index contributed by atoms with van der Waals surface area (Å²) in [6, 6.07) is 24.1. The first-order valence-electron chi connectivity index (χ1n) is 9.76. The Labute approximate surface area is 173 Å². The van der Waals surface area contributed by atoms with E-state index in [0.29, 0.717) is 11.3 Å². The Balaban J connectivity index is 1.77. The molecule has 0 radical (unpaired) electrons. The second kappa shape index (κ2) is 9.85. The molecule has 0 amide bonds. The average Bonchev–Trinajstić information content (AvgIpc) is 2.76. The minimum absolute atomic E-state index is 0.0729. The third-order valence-electron chi connectivity index (χ3n) is 4.83. The molecule has 3 aromatic carbocycles. The summed E-state index contributed by atoms with van der Waals surface area (Å²) >= 11 is 0. The molecule has 0 aliphatic heterocycles. The van der Waals surface area contributed by atoms with Gasteiger partial charge in [0.05, 0.1) is 12.7 Å². The van der Waals surface area contributed by atoms with Gasteiger partial charge in [-0.05, 0) is 61.0 Å². The van der Waals surface area contributed by atoms with Crippen molar-refractivity contribution in [2.24, 2.45) is 0 Å². The van der Waals surface area contributed by atoms with Gasteiger partial charge in [-0.3, -0.25) is 4.79 Å². The molecule has 0 spiro atoms. The highest BCUT2D eigenvalue weighted by atomic mass is 16.5. The van der Waals surface area contributed by atoms with E-state index in [-0.39, 0.29) is 5.78 Å². The van der Waals surface area contributed by atoms with E-state index in [4.69, 9.17) is 4.74 Å². The van der Waals surface area contributed by atoms with Gasteiger partial charge in [-0.15, -0.1) is 0 Å². The van der Waals surface area contributed by atoms with Crippen LogP contribution in [-0.2, 0) is 6.42 Å². The van der Waals surface area contributed by atoms with Crippen molar-refractivity contribution in [3.8, 4) is 16.9 Å². The van der Waals surface area contributed by atoms with Gasteiger partial charge in [0.15, 0.2) is 5.78 Å². The van der Waals surface area contributed by atoms with Crippen LogP contribution >= 0.6 is 0 Å². The Kier molecular flexibility index (Phi) is 6.99. The van der Waals surface area contributed by atoms with E-state index >= 15 is 0 Å². The number of hydrogen-bond donors (Lipinski definition) is 0. The summed E-state index contributed by atoms with van der Waals surface area (Å²) in [4.78, 5) is 15.0. The molecule has 0 bridgehead atoms. The maximum atomic E-state index is 12.9. The van der Waals surface area contributed by atoms with Crippen LogP contribution < -0.4 is 4.74 Å². The molecule has 0 aromatic heterocycles. The largest absolute Gasteiger partial charge is 0.496 e. The highest BCUT2D eigenvalue weighted by molar-refractivity contribution is 6.09. The van der Waals surface area contributed by atoms with E-state index in [9.17, 15) is 4.79 Å². The number of ketones is 1. The topological polar surface area (TPSA) is 29.5 Å². The lowest BCUT2D eigenvalue weighted by Crippen LogP contribution is -2.14. The molecule has 0 aliphatic rings. The van der Waals surface area contributed by atoms with E-state index in [1.54, 1.807) is 13.2 Å². The van der Waals surface area contributed by atoms with Crippen LogP contribution in [0.1, 0.15) is 21.5 Å². The SMILES string of the molecule is COc1ccc(-c2ccccc2)cc1C(=O)/C=C/c1ccc(CCN(C)C)cc1. The lowest BCUT2D eigenvalue weighted by Gasteiger charge is -2.09. The minimum Gasteiger partial charge on any atom is -0.496 e. The molecule has 3 heteroatoms. The van der Waals surface area contributed by atoms with Gasteiger partial charge in [-0.25, -0.2) is 0 Å². The van der Waals surface area contributed by atoms with Gasteiger partial charge in [0.1, 0.15) is 5.75 Å². The van der Waals surface area contributed by atoms with Crippen molar-refractivity contribution in [2.75, 3.05) is 27.7 Å². The van der Waals surface area contributed by atoms with Gasteiger partial charge in [-0.2, -0.15) is 0 Å². The van der Waals surface area contributed by atoms with Crippen LogP contribution in [0, 0.1) is 0 Å². The number of nitrogens with zero attached hydrogens (tertiary/aromatic N) is 1. The van der Waals surface area contributed by atoms with E-state index < -0.39 is 0 Å². The van der Waals surface area contributed by atoms with Crippen LogP contribution in [0.3, 0.4) is 0 Å². The molecule has 0 N–H and O–H groups in total. The minimum atomic E-state index is -0.0729. The zero-order valence-electron chi connectivity index (χ0n) is 17.3. The van der Waals surface area contributed by atoms with Crippen LogP contribution in [0.5, 0.6) is 5.75 Å². The van der Waals surface area contributed by atoms with Gasteiger partial charge in [0.25, 0.3) is 0 Å². The van der Waals surface area contributed by atoms with Crippen LogP contribution in [0.4, 0.5) is 0 Å². The highest BCUT2D eigenvalue weighted by Gasteiger charge is 2.11. The Morgan fingerprint density at radius 1 is 0.931 bits per heavy atom. The first kappa shape index (κ1) is 20.6. The second-order valence-electron chi connectivity index (χ2n) is 7.27. The number of ether oxygens (including phenoxy) is 1. The number of carbonyl (C=O) groups excluding carboxylic acids is 1. The zero-order chi connectivity index (χ0) is 20.6. The molecule has 0 atom stereocenters. The third-order valence-corrected chi connectivity index (χ3v) is 4.83. The predicted octanol–water partition coefficient (Wildman–Crippen LogP) is 5.36. The summed E-state index contributed by atoms with van der Waals surface area (Å²) in [6.45, 7) is 1.02. The Morgan fingerprint density at radius 3 is 2.31 bits per heavy atom. The second-order valence-corrected chi connectivity index (χ2v) is 7.27. The Morgan fingerprint density at radius 2 is 1.66 bits per heavy atom. The van der Waals surface area contributed by atoms with Gasteiger partial charge in [0, 0.05) is 6.54 Å². The first-order valence-corrected chi connectivity index (χ1v) is 9.76.